The number of carbonyl (C=O) groups is 2. The molecule has 1 N–H and O–H groups in total. The first-order chi connectivity index (χ1) is 15.6. The first-order valence-electron chi connectivity index (χ1n) is 10.7. The number of amides is 2. The van der Waals surface area contributed by atoms with E-state index in [1.807, 2.05) is 6.92 Å². The maximum Gasteiger partial charge on any atom is 0.416 e. The van der Waals surface area contributed by atoms with Crippen molar-refractivity contribution in [2.24, 2.45) is 4.99 Å². The number of carbonyl (C=O) groups excluding carboxylic acids is 2. The summed E-state index contributed by atoms with van der Waals surface area (Å²) in [7, 11) is 0. The summed E-state index contributed by atoms with van der Waals surface area (Å²) >= 11 is 6.04. The number of hydrogen-bond donors (Lipinski definition) is 1. The van der Waals surface area contributed by atoms with Crippen molar-refractivity contribution in [1.82, 2.24) is 4.90 Å². The Labute approximate surface area is 194 Å². The predicted octanol–water partition coefficient (Wildman–Crippen LogP) is 5.60. The van der Waals surface area contributed by atoms with Crippen molar-refractivity contribution >= 4 is 34.8 Å². The molecule has 5 nitrogen and oxygen atoms in total. The average Bonchev–Trinajstić information content (AvgIpc) is 3.02. The summed E-state index contributed by atoms with van der Waals surface area (Å²) in [6.07, 6.45) is -0.538. The van der Waals surface area contributed by atoms with E-state index in [-0.39, 0.29) is 18.2 Å². The second-order valence-corrected chi connectivity index (χ2v) is 8.89. The summed E-state index contributed by atoms with van der Waals surface area (Å²) < 4.78 is 38.8. The van der Waals surface area contributed by atoms with E-state index in [4.69, 9.17) is 16.6 Å². The van der Waals surface area contributed by atoms with Crippen molar-refractivity contribution in [3.05, 3.63) is 64.2 Å². The molecule has 0 aromatic heterocycles. The highest BCUT2D eigenvalue weighted by atomic mass is 35.5. The van der Waals surface area contributed by atoms with Gasteiger partial charge in [0, 0.05) is 16.3 Å². The summed E-state index contributed by atoms with van der Waals surface area (Å²) in [6.45, 7) is 1.62. The number of halogens is 4. The molecule has 1 aliphatic carbocycles. The van der Waals surface area contributed by atoms with Crippen molar-refractivity contribution in [3.63, 3.8) is 0 Å². The molecule has 2 aromatic rings. The van der Waals surface area contributed by atoms with E-state index < -0.39 is 23.3 Å². The van der Waals surface area contributed by atoms with Gasteiger partial charge in [0.15, 0.2) is 0 Å². The Hall–Kier alpha value is -2.87. The molecule has 0 atom stereocenters. The highest BCUT2D eigenvalue weighted by Crippen LogP contribution is 2.40. The van der Waals surface area contributed by atoms with Crippen LogP contribution in [0.2, 0.25) is 5.02 Å². The molecular formula is C24H23ClF3N3O2. The number of hydrogen-bond acceptors (Lipinski definition) is 3. The van der Waals surface area contributed by atoms with E-state index in [9.17, 15) is 22.8 Å². The normalized spacial score (nSPS) is 17.9. The minimum atomic E-state index is -4.46. The van der Waals surface area contributed by atoms with Crippen LogP contribution in [0, 0.1) is 6.92 Å². The van der Waals surface area contributed by atoms with E-state index in [0.29, 0.717) is 29.1 Å². The molecule has 1 spiro atoms. The van der Waals surface area contributed by atoms with Crippen LogP contribution < -0.4 is 5.32 Å². The van der Waals surface area contributed by atoms with Gasteiger partial charge in [-0.1, -0.05) is 30.2 Å². The van der Waals surface area contributed by atoms with Gasteiger partial charge >= 0.3 is 6.18 Å². The lowest BCUT2D eigenvalue weighted by atomic mass is 9.88. The lowest BCUT2D eigenvalue weighted by Gasteiger charge is -2.38. The Morgan fingerprint density at radius 3 is 2.39 bits per heavy atom. The van der Waals surface area contributed by atoms with Gasteiger partial charge in [-0.25, -0.2) is 0 Å². The lowest BCUT2D eigenvalue weighted by molar-refractivity contribution is -0.137. The average molecular weight is 478 g/mol. The molecule has 1 fully saturated rings. The standard InChI is InChI=1S/C24H23ClF3N3O2/c1-15-13-18(9-10-19(15)25)29-20(32)14-31-22(33)21(30-23(31)11-3-2-4-12-23)16-5-7-17(8-6-16)24(26,27)28/h5-10,13H,2-4,11-12,14H2,1H3,(H,29,32). The molecule has 1 heterocycles. The largest absolute Gasteiger partial charge is 0.416 e. The fourth-order valence-electron chi connectivity index (χ4n) is 4.42. The number of benzene rings is 2. The monoisotopic (exact) mass is 477 g/mol. The van der Waals surface area contributed by atoms with Crippen LogP contribution in [0.5, 0.6) is 0 Å². The number of nitrogens with zero attached hydrogens (tertiary/aromatic N) is 2. The first kappa shape index (κ1) is 23.3. The third-order valence-corrected chi connectivity index (χ3v) is 6.58. The van der Waals surface area contributed by atoms with Crippen LogP contribution in [0.3, 0.4) is 0 Å². The Morgan fingerprint density at radius 1 is 1.12 bits per heavy atom. The minimum Gasteiger partial charge on any atom is -0.325 e. The predicted molar refractivity (Wildman–Crippen MR) is 120 cm³/mol. The Bertz CT molecular complexity index is 1110. The molecule has 33 heavy (non-hydrogen) atoms. The van der Waals surface area contributed by atoms with E-state index in [1.54, 1.807) is 18.2 Å². The highest BCUT2D eigenvalue weighted by molar-refractivity contribution is 6.47. The second kappa shape index (κ2) is 8.82. The van der Waals surface area contributed by atoms with Gasteiger partial charge in [-0.15, -0.1) is 0 Å². The van der Waals surface area contributed by atoms with Crippen molar-refractivity contribution < 1.29 is 22.8 Å². The zero-order valence-electron chi connectivity index (χ0n) is 18.0. The van der Waals surface area contributed by atoms with Gasteiger partial charge in [-0.2, -0.15) is 13.2 Å². The third kappa shape index (κ3) is 4.76. The summed E-state index contributed by atoms with van der Waals surface area (Å²) in [4.78, 5) is 32.3. The van der Waals surface area contributed by atoms with Crippen LogP contribution in [-0.2, 0) is 15.8 Å². The molecule has 0 radical (unpaired) electrons. The van der Waals surface area contributed by atoms with Gasteiger partial charge < -0.3 is 10.2 Å². The molecule has 174 valence electrons. The van der Waals surface area contributed by atoms with Crippen molar-refractivity contribution in [3.8, 4) is 0 Å². The third-order valence-electron chi connectivity index (χ3n) is 6.15. The number of rotatable bonds is 4. The summed E-state index contributed by atoms with van der Waals surface area (Å²) in [5, 5.41) is 3.37. The number of anilines is 1. The molecular weight excluding hydrogens is 455 g/mol. The molecule has 4 rings (SSSR count). The molecule has 2 aromatic carbocycles. The molecule has 1 aliphatic heterocycles. The molecule has 0 bridgehead atoms. The van der Waals surface area contributed by atoms with Crippen LogP contribution in [0.1, 0.15) is 48.8 Å². The van der Waals surface area contributed by atoms with Gasteiger partial charge in [0.1, 0.15) is 17.9 Å². The highest BCUT2D eigenvalue weighted by Gasteiger charge is 2.48. The Morgan fingerprint density at radius 2 is 1.79 bits per heavy atom. The van der Waals surface area contributed by atoms with Gasteiger partial charge in [-0.3, -0.25) is 14.6 Å². The molecule has 0 saturated heterocycles. The molecule has 2 aliphatic rings. The Balaban J connectivity index is 1.58. The lowest BCUT2D eigenvalue weighted by Crippen LogP contribution is -2.51. The van der Waals surface area contributed by atoms with Crippen molar-refractivity contribution in [2.45, 2.75) is 50.9 Å². The summed E-state index contributed by atoms with van der Waals surface area (Å²) in [5.41, 5.74) is 0.147. The number of aliphatic imine (C=N–C) groups is 1. The van der Waals surface area contributed by atoms with Crippen LogP contribution in [0.15, 0.2) is 47.5 Å². The zero-order chi connectivity index (χ0) is 23.8. The fourth-order valence-corrected chi connectivity index (χ4v) is 4.54. The number of nitrogens with one attached hydrogen (secondary N) is 1. The van der Waals surface area contributed by atoms with E-state index in [2.05, 4.69) is 5.32 Å². The quantitative estimate of drug-likeness (QED) is 0.623. The van der Waals surface area contributed by atoms with E-state index >= 15 is 0 Å². The number of aryl methyl sites for hydroxylation is 1. The molecule has 9 heteroatoms. The second-order valence-electron chi connectivity index (χ2n) is 8.48. The molecule has 1 saturated carbocycles. The van der Waals surface area contributed by atoms with Crippen molar-refractivity contribution in [2.75, 3.05) is 11.9 Å². The maximum absolute atomic E-state index is 13.3. The molecule has 0 unspecified atom stereocenters. The summed E-state index contributed by atoms with van der Waals surface area (Å²) in [6, 6.07) is 9.51. The maximum atomic E-state index is 13.3. The van der Waals surface area contributed by atoms with Gasteiger partial charge in [0.25, 0.3) is 5.91 Å². The smallest absolute Gasteiger partial charge is 0.325 e. The van der Waals surface area contributed by atoms with Crippen LogP contribution in [-0.4, -0.2) is 34.6 Å². The van der Waals surface area contributed by atoms with Crippen LogP contribution in [0.25, 0.3) is 0 Å². The van der Waals surface area contributed by atoms with Crippen LogP contribution in [0.4, 0.5) is 18.9 Å². The van der Waals surface area contributed by atoms with Gasteiger partial charge in [0.05, 0.1) is 5.56 Å². The van der Waals surface area contributed by atoms with Crippen LogP contribution >= 0.6 is 11.6 Å². The minimum absolute atomic E-state index is 0.0979. The zero-order valence-corrected chi connectivity index (χ0v) is 18.8. The van der Waals surface area contributed by atoms with Crippen molar-refractivity contribution in [1.29, 1.82) is 0 Å². The molecule has 2 amide bonds. The van der Waals surface area contributed by atoms with E-state index in [0.717, 1.165) is 37.0 Å². The van der Waals surface area contributed by atoms with Gasteiger partial charge in [-0.05, 0) is 68.5 Å². The Kier molecular flexibility index (Phi) is 6.22. The topological polar surface area (TPSA) is 61.8 Å². The first-order valence-corrected chi connectivity index (χ1v) is 11.1. The summed E-state index contributed by atoms with van der Waals surface area (Å²) in [5.74, 6) is -0.821. The van der Waals surface area contributed by atoms with Gasteiger partial charge in [0.2, 0.25) is 5.91 Å². The SMILES string of the molecule is Cc1cc(NC(=O)CN2C(=O)C(c3ccc(C(F)(F)F)cc3)=NC23CCCCC3)ccc1Cl. The fraction of sp³-hybridized carbons (Fsp3) is 0.375. The van der Waals surface area contributed by atoms with E-state index in [1.165, 1.54) is 17.0 Å². The number of alkyl halides is 3.